The molecule has 102 valence electrons. The number of nitrogens with zero attached hydrogens (tertiary/aromatic N) is 1. The summed E-state index contributed by atoms with van der Waals surface area (Å²) in [5, 5.41) is 9.51. The molecule has 0 bridgehead atoms. The molecule has 2 nitrogen and oxygen atoms in total. The van der Waals surface area contributed by atoms with Crippen LogP contribution >= 0.6 is 11.3 Å². The predicted octanol–water partition coefficient (Wildman–Crippen LogP) is 3.47. The van der Waals surface area contributed by atoms with E-state index in [4.69, 9.17) is 0 Å². The fourth-order valence-electron chi connectivity index (χ4n) is 2.87. The first-order valence-electron chi connectivity index (χ1n) is 7.19. The third kappa shape index (κ3) is 3.14. The average molecular weight is 267 g/mol. The van der Waals surface area contributed by atoms with Crippen molar-refractivity contribution in [3.05, 3.63) is 21.9 Å². The van der Waals surface area contributed by atoms with Gasteiger partial charge in [-0.05, 0) is 50.4 Å². The number of aliphatic hydroxyl groups excluding tert-OH is 1. The molecular formula is C15H25NOS. The maximum atomic E-state index is 9.51. The Morgan fingerprint density at radius 2 is 2.06 bits per heavy atom. The molecule has 0 saturated carbocycles. The van der Waals surface area contributed by atoms with Gasteiger partial charge in [0, 0.05) is 22.4 Å². The van der Waals surface area contributed by atoms with Gasteiger partial charge >= 0.3 is 0 Å². The van der Waals surface area contributed by atoms with Crippen molar-refractivity contribution >= 4 is 11.3 Å². The van der Waals surface area contributed by atoms with Crippen LogP contribution in [-0.2, 0) is 6.42 Å². The number of rotatable bonds is 6. The molecular weight excluding hydrogens is 242 g/mol. The quantitative estimate of drug-likeness (QED) is 0.853. The molecule has 0 spiro atoms. The summed E-state index contributed by atoms with van der Waals surface area (Å²) in [6.45, 7) is 7.06. The molecule has 1 saturated heterocycles. The molecule has 2 unspecified atom stereocenters. The molecule has 2 atom stereocenters. The summed E-state index contributed by atoms with van der Waals surface area (Å²) in [4.78, 5) is 5.49. The predicted molar refractivity (Wildman–Crippen MR) is 78.1 cm³/mol. The van der Waals surface area contributed by atoms with Gasteiger partial charge in [0.25, 0.3) is 0 Å². The Balaban J connectivity index is 2.15. The zero-order valence-electron chi connectivity index (χ0n) is 11.6. The van der Waals surface area contributed by atoms with E-state index in [1.165, 1.54) is 48.5 Å². The lowest BCUT2D eigenvalue weighted by Crippen LogP contribution is -2.31. The highest BCUT2D eigenvalue weighted by Crippen LogP contribution is 2.35. The van der Waals surface area contributed by atoms with Gasteiger partial charge in [0.2, 0.25) is 0 Å². The van der Waals surface area contributed by atoms with Crippen molar-refractivity contribution in [3.8, 4) is 0 Å². The second-order valence-corrected chi connectivity index (χ2v) is 6.60. The molecule has 18 heavy (non-hydrogen) atoms. The number of aryl methyl sites for hydroxylation is 1. The first-order valence-corrected chi connectivity index (χ1v) is 8.01. The van der Waals surface area contributed by atoms with E-state index >= 15 is 0 Å². The van der Waals surface area contributed by atoms with Crippen LogP contribution in [0.3, 0.4) is 0 Å². The normalized spacial score (nSPS) is 20.2. The molecule has 2 heterocycles. The van der Waals surface area contributed by atoms with Gasteiger partial charge in [-0.1, -0.05) is 20.3 Å². The molecule has 2 rings (SSSR count). The maximum Gasteiger partial charge on any atom is 0.0488 e. The molecule has 1 N–H and O–H groups in total. The summed E-state index contributed by atoms with van der Waals surface area (Å²) in [5.74, 6) is 0.330. The van der Waals surface area contributed by atoms with Crippen LogP contribution in [0.2, 0.25) is 0 Å². The van der Waals surface area contributed by atoms with Crippen molar-refractivity contribution in [2.75, 3.05) is 19.7 Å². The minimum atomic E-state index is 0.280. The lowest BCUT2D eigenvalue weighted by molar-refractivity contribution is 0.128. The molecule has 1 aliphatic rings. The van der Waals surface area contributed by atoms with Crippen LogP contribution in [0, 0.1) is 5.92 Å². The van der Waals surface area contributed by atoms with Crippen LogP contribution in [0.25, 0.3) is 0 Å². The summed E-state index contributed by atoms with van der Waals surface area (Å²) in [6, 6.07) is 4.98. The first kappa shape index (κ1) is 14.0. The van der Waals surface area contributed by atoms with E-state index in [-0.39, 0.29) is 6.61 Å². The molecule has 0 aliphatic carbocycles. The Hall–Kier alpha value is -0.380. The van der Waals surface area contributed by atoms with Crippen LogP contribution in [0.4, 0.5) is 0 Å². The van der Waals surface area contributed by atoms with E-state index in [0.29, 0.717) is 12.0 Å². The van der Waals surface area contributed by atoms with E-state index in [2.05, 4.69) is 30.9 Å². The van der Waals surface area contributed by atoms with Crippen LogP contribution in [0.1, 0.15) is 48.9 Å². The zero-order chi connectivity index (χ0) is 13.0. The number of thiophene rings is 1. The zero-order valence-corrected chi connectivity index (χ0v) is 12.4. The Bertz CT molecular complexity index is 357. The Labute approximate surface area is 115 Å². The average Bonchev–Trinajstić information content (AvgIpc) is 3.02. The summed E-state index contributed by atoms with van der Waals surface area (Å²) in [5.41, 5.74) is 0. The largest absolute Gasteiger partial charge is 0.396 e. The van der Waals surface area contributed by atoms with Gasteiger partial charge in [0.05, 0.1) is 0 Å². The molecule has 1 fully saturated rings. The highest BCUT2D eigenvalue weighted by Gasteiger charge is 2.28. The van der Waals surface area contributed by atoms with Crippen molar-refractivity contribution in [2.45, 2.75) is 45.6 Å². The van der Waals surface area contributed by atoms with E-state index in [9.17, 15) is 5.11 Å². The summed E-state index contributed by atoms with van der Waals surface area (Å²) < 4.78 is 0. The molecule has 1 aromatic rings. The molecule has 1 aromatic heterocycles. The summed E-state index contributed by atoms with van der Waals surface area (Å²) >= 11 is 1.94. The van der Waals surface area contributed by atoms with E-state index < -0.39 is 0 Å². The Kier molecular flexibility index (Phi) is 5.22. The minimum absolute atomic E-state index is 0.280. The van der Waals surface area contributed by atoms with Crippen LogP contribution in [-0.4, -0.2) is 29.7 Å². The van der Waals surface area contributed by atoms with Crippen molar-refractivity contribution in [2.24, 2.45) is 5.92 Å². The summed E-state index contributed by atoms with van der Waals surface area (Å²) in [7, 11) is 0. The highest BCUT2D eigenvalue weighted by atomic mass is 32.1. The second kappa shape index (κ2) is 6.69. The van der Waals surface area contributed by atoms with Crippen molar-refractivity contribution in [3.63, 3.8) is 0 Å². The smallest absolute Gasteiger partial charge is 0.0488 e. The number of hydrogen-bond donors (Lipinski definition) is 1. The van der Waals surface area contributed by atoms with Crippen molar-refractivity contribution in [1.29, 1.82) is 0 Å². The monoisotopic (exact) mass is 267 g/mol. The molecule has 0 radical (unpaired) electrons. The van der Waals surface area contributed by atoms with Gasteiger partial charge in [-0.3, -0.25) is 4.90 Å². The Morgan fingerprint density at radius 1 is 1.33 bits per heavy atom. The van der Waals surface area contributed by atoms with Gasteiger partial charge in [0.15, 0.2) is 0 Å². The van der Waals surface area contributed by atoms with E-state index in [0.717, 1.165) is 0 Å². The second-order valence-electron chi connectivity index (χ2n) is 5.40. The Morgan fingerprint density at radius 3 is 2.67 bits per heavy atom. The fourth-order valence-corrected chi connectivity index (χ4v) is 4.26. The lowest BCUT2D eigenvalue weighted by Gasteiger charge is -2.31. The number of aliphatic hydroxyl groups is 1. The number of hydrogen-bond acceptors (Lipinski definition) is 3. The van der Waals surface area contributed by atoms with E-state index in [1.54, 1.807) is 0 Å². The standard InChI is InChI=1S/C15H25NOS/c1-3-6-13-7-8-14(18-13)15(12(2)11-17)16-9-4-5-10-16/h7-8,12,15,17H,3-6,9-11H2,1-2H3. The van der Waals surface area contributed by atoms with Crippen molar-refractivity contribution in [1.82, 2.24) is 4.90 Å². The first-order chi connectivity index (χ1) is 8.76. The van der Waals surface area contributed by atoms with Gasteiger partial charge < -0.3 is 5.11 Å². The van der Waals surface area contributed by atoms with Gasteiger partial charge in [-0.2, -0.15) is 0 Å². The minimum Gasteiger partial charge on any atom is -0.396 e. The molecule has 0 aromatic carbocycles. The molecule has 3 heteroatoms. The van der Waals surface area contributed by atoms with Crippen molar-refractivity contribution < 1.29 is 5.11 Å². The SMILES string of the molecule is CCCc1ccc(C(C(C)CO)N2CCCC2)s1. The molecule has 0 amide bonds. The topological polar surface area (TPSA) is 23.5 Å². The van der Waals surface area contributed by atoms with Gasteiger partial charge in [-0.15, -0.1) is 11.3 Å². The van der Waals surface area contributed by atoms with Crippen LogP contribution in [0.5, 0.6) is 0 Å². The lowest BCUT2D eigenvalue weighted by atomic mass is 10.00. The highest BCUT2D eigenvalue weighted by molar-refractivity contribution is 7.12. The maximum absolute atomic E-state index is 9.51. The number of likely N-dealkylation sites (tertiary alicyclic amines) is 1. The third-order valence-corrected chi connectivity index (χ3v) is 5.05. The fraction of sp³-hybridized carbons (Fsp3) is 0.733. The van der Waals surface area contributed by atoms with Crippen LogP contribution in [0.15, 0.2) is 12.1 Å². The molecule has 1 aliphatic heterocycles. The van der Waals surface area contributed by atoms with E-state index in [1.807, 2.05) is 11.3 Å². The van der Waals surface area contributed by atoms with Gasteiger partial charge in [0.1, 0.15) is 0 Å². The third-order valence-electron chi connectivity index (χ3n) is 3.83. The van der Waals surface area contributed by atoms with Gasteiger partial charge in [-0.25, -0.2) is 0 Å². The van der Waals surface area contributed by atoms with Crippen LogP contribution < -0.4 is 0 Å². The summed E-state index contributed by atoms with van der Waals surface area (Å²) in [6.07, 6.45) is 5.01.